The van der Waals surface area contributed by atoms with Crippen LogP contribution in [0.2, 0.25) is 0 Å². The maximum Gasteiger partial charge on any atom is 0.277 e. The fourth-order valence-electron chi connectivity index (χ4n) is 3.72. The molecule has 2 heterocycles. The van der Waals surface area contributed by atoms with Crippen molar-refractivity contribution < 1.29 is 23.8 Å². The minimum atomic E-state index is -0.254. The maximum absolute atomic E-state index is 13.2. The maximum atomic E-state index is 13.2. The molecule has 0 atom stereocenters. The van der Waals surface area contributed by atoms with E-state index >= 15 is 0 Å². The summed E-state index contributed by atoms with van der Waals surface area (Å²) < 4.78 is 16.0. The van der Waals surface area contributed by atoms with Crippen molar-refractivity contribution in [2.24, 2.45) is 0 Å². The number of carbonyl (C=O) groups is 2. The van der Waals surface area contributed by atoms with Gasteiger partial charge in [-0.2, -0.15) is 0 Å². The van der Waals surface area contributed by atoms with Crippen molar-refractivity contribution in [2.45, 2.75) is 26.2 Å². The van der Waals surface area contributed by atoms with Gasteiger partial charge in [0.1, 0.15) is 5.70 Å². The number of hydrogen-bond donors (Lipinski definition) is 0. The van der Waals surface area contributed by atoms with Crippen LogP contribution in [0.1, 0.15) is 31.7 Å². The van der Waals surface area contributed by atoms with E-state index in [0.29, 0.717) is 54.5 Å². The number of likely N-dealkylation sites (tertiary alicyclic amines) is 1. The number of methoxy groups -OCH3 is 2. The molecule has 1 aromatic rings. The van der Waals surface area contributed by atoms with E-state index in [1.165, 1.54) is 4.90 Å². The standard InChI is InChI=1S/C21H28N2O5/c1-4-28-13-7-12-23-20(24)18(19(21(23)25)22-10-5-6-11-22)15-8-9-16(26-2)17(14-15)27-3/h8-9,14H,4-7,10-13H2,1-3H3. The Morgan fingerprint density at radius 1 is 1.00 bits per heavy atom. The summed E-state index contributed by atoms with van der Waals surface area (Å²) in [7, 11) is 3.12. The normalized spacial score (nSPS) is 17.1. The second kappa shape index (κ2) is 9.10. The predicted octanol–water partition coefficient (Wildman–Crippen LogP) is 2.31. The van der Waals surface area contributed by atoms with Gasteiger partial charge < -0.3 is 19.1 Å². The number of benzene rings is 1. The Hall–Kier alpha value is -2.54. The van der Waals surface area contributed by atoms with Crippen LogP contribution in [0.15, 0.2) is 23.9 Å². The van der Waals surface area contributed by atoms with Gasteiger partial charge in [-0.15, -0.1) is 0 Å². The third-order valence-electron chi connectivity index (χ3n) is 5.11. The zero-order valence-corrected chi connectivity index (χ0v) is 16.8. The van der Waals surface area contributed by atoms with Crippen LogP contribution in [0.5, 0.6) is 11.5 Å². The lowest BCUT2D eigenvalue weighted by Crippen LogP contribution is -2.35. The zero-order chi connectivity index (χ0) is 20.1. The van der Waals surface area contributed by atoms with Crippen LogP contribution in [0.4, 0.5) is 0 Å². The molecule has 2 amide bonds. The van der Waals surface area contributed by atoms with Crippen LogP contribution in [-0.2, 0) is 14.3 Å². The highest BCUT2D eigenvalue weighted by atomic mass is 16.5. The third kappa shape index (κ3) is 3.85. The first kappa shape index (κ1) is 20.2. The van der Waals surface area contributed by atoms with Gasteiger partial charge in [0.25, 0.3) is 11.8 Å². The van der Waals surface area contributed by atoms with E-state index < -0.39 is 0 Å². The predicted molar refractivity (Wildman–Crippen MR) is 105 cm³/mol. The van der Waals surface area contributed by atoms with E-state index in [2.05, 4.69) is 0 Å². The Morgan fingerprint density at radius 3 is 2.36 bits per heavy atom. The zero-order valence-electron chi connectivity index (χ0n) is 16.8. The van der Waals surface area contributed by atoms with Gasteiger partial charge in [-0.05, 0) is 43.9 Å². The fourth-order valence-corrected chi connectivity index (χ4v) is 3.72. The van der Waals surface area contributed by atoms with Gasteiger partial charge in [-0.3, -0.25) is 14.5 Å². The Kier molecular flexibility index (Phi) is 6.57. The summed E-state index contributed by atoms with van der Waals surface area (Å²) in [6, 6.07) is 5.33. The highest BCUT2D eigenvalue weighted by molar-refractivity contribution is 6.35. The second-order valence-corrected chi connectivity index (χ2v) is 6.80. The largest absolute Gasteiger partial charge is 0.493 e. The van der Waals surface area contributed by atoms with Crippen LogP contribution < -0.4 is 9.47 Å². The molecule has 1 saturated heterocycles. The molecule has 0 saturated carbocycles. The summed E-state index contributed by atoms with van der Waals surface area (Å²) in [4.78, 5) is 29.7. The molecule has 0 unspecified atom stereocenters. The minimum Gasteiger partial charge on any atom is -0.493 e. The fraction of sp³-hybridized carbons (Fsp3) is 0.524. The van der Waals surface area contributed by atoms with Gasteiger partial charge in [0.2, 0.25) is 0 Å². The number of carbonyl (C=O) groups excluding carboxylic acids is 2. The molecule has 1 aromatic carbocycles. The molecule has 7 nitrogen and oxygen atoms in total. The first-order valence-corrected chi connectivity index (χ1v) is 9.77. The van der Waals surface area contributed by atoms with Crippen molar-refractivity contribution in [2.75, 3.05) is 47.1 Å². The highest BCUT2D eigenvalue weighted by Gasteiger charge is 2.41. The highest BCUT2D eigenvalue weighted by Crippen LogP contribution is 2.37. The van der Waals surface area contributed by atoms with Crippen molar-refractivity contribution in [1.29, 1.82) is 0 Å². The lowest BCUT2D eigenvalue weighted by Gasteiger charge is -2.20. The lowest BCUT2D eigenvalue weighted by molar-refractivity contribution is -0.137. The molecule has 7 heteroatoms. The average molecular weight is 388 g/mol. The molecular weight excluding hydrogens is 360 g/mol. The van der Waals surface area contributed by atoms with Gasteiger partial charge in [0.15, 0.2) is 11.5 Å². The van der Waals surface area contributed by atoms with E-state index in [1.54, 1.807) is 26.4 Å². The SMILES string of the molecule is CCOCCCN1C(=O)C(c2ccc(OC)c(OC)c2)=C(N2CCCC2)C1=O. The molecule has 2 aliphatic heterocycles. The Balaban J connectivity index is 1.96. The monoisotopic (exact) mass is 388 g/mol. The van der Waals surface area contributed by atoms with Crippen molar-refractivity contribution in [3.63, 3.8) is 0 Å². The molecule has 0 spiro atoms. The van der Waals surface area contributed by atoms with Crippen LogP contribution in [0.25, 0.3) is 5.57 Å². The molecule has 3 rings (SSSR count). The number of nitrogens with zero attached hydrogens (tertiary/aromatic N) is 2. The third-order valence-corrected chi connectivity index (χ3v) is 5.11. The van der Waals surface area contributed by atoms with E-state index in [-0.39, 0.29) is 11.8 Å². The Bertz CT molecular complexity index is 768. The molecule has 152 valence electrons. The molecule has 0 N–H and O–H groups in total. The first-order chi connectivity index (χ1) is 13.6. The first-order valence-electron chi connectivity index (χ1n) is 9.77. The van der Waals surface area contributed by atoms with Crippen LogP contribution in [-0.4, -0.2) is 68.7 Å². The average Bonchev–Trinajstić information content (AvgIpc) is 3.32. The van der Waals surface area contributed by atoms with Gasteiger partial charge in [0.05, 0.1) is 19.8 Å². The number of rotatable bonds is 9. The quantitative estimate of drug-likeness (QED) is 0.478. The van der Waals surface area contributed by atoms with Gasteiger partial charge in [-0.25, -0.2) is 0 Å². The summed E-state index contributed by atoms with van der Waals surface area (Å²) in [6.07, 6.45) is 2.67. The molecule has 28 heavy (non-hydrogen) atoms. The minimum absolute atomic E-state index is 0.215. The molecule has 0 radical (unpaired) electrons. The topological polar surface area (TPSA) is 68.3 Å². The molecule has 0 bridgehead atoms. The van der Waals surface area contributed by atoms with E-state index in [4.69, 9.17) is 14.2 Å². The number of amides is 2. The summed E-state index contributed by atoms with van der Waals surface area (Å²) in [5.74, 6) is 0.645. The van der Waals surface area contributed by atoms with Crippen LogP contribution in [0, 0.1) is 0 Å². The second-order valence-electron chi connectivity index (χ2n) is 6.80. The van der Waals surface area contributed by atoms with E-state index in [1.807, 2.05) is 17.9 Å². The van der Waals surface area contributed by atoms with E-state index in [0.717, 1.165) is 25.9 Å². The van der Waals surface area contributed by atoms with Gasteiger partial charge >= 0.3 is 0 Å². The summed E-state index contributed by atoms with van der Waals surface area (Å²) in [5.41, 5.74) is 1.63. The molecular formula is C21H28N2O5. The Labute approximate surface area is 165 Å². The Morgan fingerprint density at radius 2 is 1.71 bits per heavy atom. The van der Waals surface area contributed by atoms with E-state index in [9.17, 15) is 9.59 Å². The van der Waals surface area contributed by atoms with Crippen LogP contribution >= 0.6 is 0 Å². The number of imide groups is 1. The molecule has 1 fully saturated rings. The summed E-state index contributed by atoms with van der Waals surface area (Å²) >= 11 is 0. The van der Waals surface area contributed by atoms with Crippen LogP contribution in [0.3, 0.4) is 0 Å². The van der Waals surface area contributed by atoms with Crippen molar-refractivity contribution >= 4 is 17.4 Å². The molecule has 2 aliphatic rings. The van der Waals surface area contributed by atoms with Crippen molar-refractivity contribution in [1.82, 2.24) is 9.80 Å². The van der Waals surface area contributed by atoms with Crippen molar-refractivity contribution in [3.8, 4) is 11.5 Å². The summed E-state index contributed by atoms with van der Waals surface area (Å²) in [6.45, 7) is 5.00. The van der Waals surface area contributed by atoms with Gasteiger partial charge in [0, 0.05) is 32.8 Å². The van der Waals surface area contributed by atoms with Crippen molar-refractivity contribution in [3.05, 3.63) is 29.5 Å². The van der Waals surface area contributed by atoms with Gasteiger partial charge in [-0.1, -0.05) is 6.07 Å². The number of hydrogen-bond acceptors (Lipinski definition) is 6. The molecule has 0 aromatic heterocycles. The smallest absolute Gasteiger partial charge is 0.277 e. The summed E-state index contributed by atoms with van der Waals surface area (Å²) in [5, 5.41) is 0. The number of ether oxygens (including phenoxy) is 3. The molecule has 0 aliphatic carbocycles. The lowest BCUT2D eigenvalue weighted by atomic mass is 10.0.